The van der Waals surface area contributed by atoms with Gasteiger partial charge in [-0.1, -0.05) is 26.0 Å². The molecule has 5 aliphatic heterocycles. The van der Waals surface area contributed by atoms with Crippen molar-refractivity contribution in [3.8, 4) is 0 Å². The standard InChI is InChI=1S/C51H60N4O16/c1-24(56)68-35-17-34(59)50-23-67-46(47(35,3)32(50)16-33(58)49(5)42(50)41(63)43(69-25(2)57)48(4)29(28-13-14-66-22-28)15-36-51(48,49)71-36)70-39(62)12-11-38(61)54-19-26(20-54)18-52-30-8-6-7-27-21-55(45(65)40(27)30)31-9-10-37(60)53-44(31)64/h6-8,13-14,22,26,29,31-36,42-43,46,52,58-59H,9-12,15-21,23H2,1-5H3,(H,53,60,64). The summed E-state index contributed by atoms with van der Waals surface area (Å²) >= 11 is 0. The summed E-state index contributed by atoms with van der Waals surface area (Å²) < 4.78 is 36.7. The first-order valence-electron chi connectivity index (χ1n) is 24.7. The summed E-state index contributed by atoms with van der Waals surface area (Å²) in [4.78, 5) is 109. The number of aliphatic hydroxyl groups is 2. The number of fused-ring (bicyclic) bond motifs is 2. The molecular weight excluding hydrogens is 925 g/mol. The number of hydrogen-bond acceptors (Lipinski definition) is 17. The molecule has 4 N–H and O–H groups in total. The van der Waals surface area contributed by atoms with Gasteiger partial charge in [0.25, 0.3) is 5.91 Å². The van der Waals surface area contributed by atoms with Gasteiger partial charge in [0.15, 0.2) is 11.9 Å². The van der Waals surface area contributed by atoms with Crippen LogP contribution in [0.1, 0.15) is 107 Å². The Bertz CT molecular complexity index is 2640. The molecule has 0 radical (unpaired) electrons. The fraction of sp³-hybridized carbons (Fsp3) is 0.647. The van der Waals surface area contributed by atoms with Gasteiger partial charge >= 0.3 is 17.9 Å². The van der Waals surface area contributed by atoms with E-state index >= 15 is 4.79 Å². The second-order valence-corrected chi connectivity index (χ2v) is 22.1. The summed E-state index contributed by atoms with van der Waals surface area (Å²) in [6.07, 6.45) is -3.46. The second kappa shape index (κ2) is 16.4. The normalized spacial score (nSPS) is 40.8. The van der Waals surface area contributed by atoms with Crippen molar-refractivity contribution >= 4 is 53.0 Å². The minimum absolute atomic E-state index is 0.0150. The molecule has 2 bridgehead atoms. The van der Waals surface area contributed by atoms with Gasteiger partial charge in [0.05, 0.1) is 60.3 Å². The minimum Gasteiger partial charge on any atom is -0.472 e. The van der Waals surface area contributed by atoms with Crippen molar-refractivity contribution in [1.29, 1.82) is 0 Å². The number of ether oxygens (including phenoxy) is 5. The lowest BCUT2D eigenvalue weighted by Crippen LogP contribution is -2.82. The molecule has 15 unspecified atom stereocenters. The first-order chi connectivity index (χ1) is 33.7. The van der Waals surface area contributed by atoms with Crippen LogP contribution >= 0.6 is 0 Å². The Morgan fingerprint density at radius 3 is 2.38 bits per heavy atom. The van der Waals surface area contributed by atoms with Gasteiger partial charge in [0.2, 0.25) is 24.0 Å². The molecule has 4 saturated carbocycles. The predicted octanol–water partition coefficient (Wildman–Crippen LogP) is 2.13. The fourth-order valence-electron chi connectivity index (χ4n) is 15.6. The van der Waals surface area contributed by atoms with E-state index in [1.54, 1.807) is 24.2 Å². The minimum atomic E-state index is -1.46. The average molecular weight is 985 g/mol. The number of carbonyl (C=O) groups excluding carboxylic acids is 8. The number of anilines is 1. The van der Waals surface area contributed by atoms with Gasteiger partial charge in [0.1, 0.15) is 17.7 Å². The van der Waals surface area contributed by atoms with Crippen LogP contribution in [0, 0.1) is 39.4 Å². The van der Waals surface area contributed by atoms with Crippen LogP contribution in [0.3, 0.4) is 0 Å². The molecule has 8 fully saturated rings. The van der Waals surface area contributed by atoms with E-state index in [2.05, 4.69) is 10.6 Å². The number of amides is 4. The molecule has 11 rings (SSSR count). The molecule has 71 heavy (non-hydrogen) atoms. The number of rotatable bonds is 11. The summed E-state index contributed by atoms with van der Waals surface area (Å²) in [5.74, 6) is -6.35. The summed E-state index contributed by atoms with van der Waals surface area (Å²) in [6.45, 7) is 9.08. The maximum Gasteiger partial charge on any atom is 0.308 e. The summed E-state index contributed by atoms with van der Waals surface area (Å²) in [7, 11) is 0. The zero-order chi connectivity index (χ0) is 50.3. The van der Waals surface area contributed by atoms with Gasteiger partial charge < -0.3 is 53.4 Å². The van der Waals surface area contributed by atoms with Gasteiger partial charge in [-0.25, -0.2) is 0 Å². The van der Waals surface area contributed by atoms with E-state index in [0.717, 1.165) is 11.1 Å². The number of esters is 3. The molecule has 4 amide bonds. The molecule has 2 aromatic rings. The number of furan rings is 1. The number of aliphatic hydroxyl groups excluding tert-OH is 2. The smallest absolute Gasteiger partial charge is 0.308 e. The largest absolute Gasteiger partial charge is 0.472 e. The molecular formula is C51H60N4O16. The van der Waals surface area contributed by atoms with E-state index in [-0.39, 0.29) is 81.2 Å². The molecule has 380 valence electrons. The molecule has 1 spiro atoms. The number of likely N-dealkylation sites (tertiary alicyclic amines) is 1. The van der Waals surface area contributed by atoms with Crippen molar-refractivity contribution in [2.45, 2.75) is 140 Å². The quantitative estimate of drug-likeness (QED) is 0.109. The van der Waals surface area contributed by atoms with Crippen molar-refractivity contribution in [1.82, 2.24) is 15.1 Å². The second-order valence-electron chi connectivity index (χ2n) is 22.1. The first-order valence-corrected chi connectivity index (χ1v) is 24.7. The molecule has 4 saturated heterocycles. The molecule has 4 aliphatic carbocycles. The Hall–Kier alpha value is -5.70. The number of epoxide rings is 1. The third-order valence-corrected chi connectivity index (χ3v) is 18.8. The maximum absolute atomic E-state index is 15.6. The highest BCUT2D eigenvalue weighted by Gasteiger charge is 2.92. The zero-order valence-electron chi connectivity index (χ0n) is 40.3. The number of piperidine rings is 1. The molecule has 15 atom stereocenters. The van der Waals surface area contributed by atoms with Gasteiger partial charge in [-0.05, 0) is 55.4 Å². The summed E-state index contributed by atoms with van der Waals surface area (Å²) in [6, 6.07) is 6.54. The highest BCUT2D eigenvalue weighted by atomic mass is 16.7. The van der Waals surface area contributed by atoms with Crippen LogP contribution in [-0.2, 0) is 63.8 Å². The van der Waals surface area contributed by atoms with Crippen LogP contribution in [0.15, 0.2) is 41.2 Å². The molecule has 9 aliphatic rings. The van der Waals surface area contributed by atoms with Crippen molar-refractivity contribution < 1.29 is 76.7 Å². The lowest BCUT2D eigenvalue weighted by molar-refractivity contribution is -0.374. The summed E-state index contributed by atoms with van der Waals surface area (Å²) in [5.41, 5.74) is -3.90. The Balaban J connectivity index is 0.770. The number of Topliss-reactive ketones (excluding diaryl/α,β-unsaturated/α-hetero) is 1. The predicted molar refractivity (Wildman–Crippen MR) is 241 cm³/mol. The van der Waals surface area contributed by atoms with Crippen molar-refractivity contribution in [2.75, 3.05) is 31.6 Å². The highest BCUT2D eigenvalue weighted by molar-refractivity contribution is 6.08. The molecule has 20 nitrogen and oxygen atoms in total. The van der Waals surface area contributed by atoms with Crippen LogP contribution < -0.4 is 10.6 Å². The number of imide groups is 1. The third kappa shape index (κ3) is 6.54. The van der Waals surface area contributed by atoms with Gasteiger partial charge in [-0.15, -0.1) is 0 Å². The Kier molecular flexibility index (Phi) is 11.0. The Labute approximate surface area is 408 Å². The Morgan fingerprint density at radius 1 is 0.915 bits per heavy atom. The van der Waals surface area contributed by atoms with Crippen LogP contribution in [0.2, 0.25) is 0 Å². The van der Waals surface area contributed by atoms with E-state index in [4.69, 9.17) is 28.1 Å². The first kappa shape index (κ1) is 47.6. The third-order valence-electron chi connectivity index (χ3n) is 18.8. The fourth-order valence-corrected chi connectivity index (χ4v) is 15.6. The number of carbonyl (C=O) groups is 8. The number of ketones is 1. The highest BCUT2D eigenvalue weighted by Crippen LogP contribution is 2.83. The van der Waals surface area contributed by atoms with Crippen LogP contribution in [0.25, 0.3) is 0 Å². The van der Waals surface area contributed by atoms with Gasteiger partial charge in [0, 0.05) is 93.6 Å². The van der Waals surface area contributed by atoms with E-state index in [0.29, 0.717) is 37.3 Å². The topological polar surface area (TPSA) is 270 Å². The van der Waals surface area contributed by atoms with E-state index in [1.807, 2.05) is 32.0 Å². The van der Waals surface area contributed by atoms with Gasteiger partial charge in [-0.2, -0.15) is 0 Å². The number of nitrogens with zero attached hydrogens (tertiary/aromatic N) is 2. The van der Waals surface area contributed by atoms with Gasteiger partial charge in [-0.3, -0.25) is 43.7 Å². The van der Waals surface area contributed by atoms with Crippen LogP contribution in [0.5, 0.6) is 0 Å². The average Bonchev–Trinajstić information content (AvgIpc) is 3.51. The monoisotopic (exact) mass is 984 g/mol. The molecule has 1 aromatic heterocycles. The number of hydrogen-bond donors (Lipinski definition) is 4. The van der Waals surface area contributed by atoms with Crippen LogP contribution in [0.4, 0.5) is 5.69 Å². The van der Waals surface area contributed by atoms with Crippen molar-refractivity contribution in [2.24, 2.45) is 39.4 Å². The molecule has 20 heteroatoms. The maximum atomic E-state index is 15.6. The molecule has 6 heterocycles. The zero-order valence-corrected chi connectivity index (χ0v) is 40.3. The lowest BCUT2D eigenvalue weighted by Gasteiger charge is -2.73. The van der Waals surface area contributed by atoms with Crippen molar-refractivity contribution in [3.05, 3.63) is 53.5 Å². The van der Waals surface area contributed by atoms with E-state index < -0.39 is 112 Å². The van der Waals surface area contributed by atoms with E-state index in [1.165, 1.54) is 25.0 Å². The molecule has 1 aromatic carbocycles. The van der Waals surface area contributed by atoms with Crippen LogP contribution in [-0.4, -0.2) is 142 Å². The van der Waals surface area contributed by atoms with E-state index in [9.17, 15) is 43.8 Å². The lowest BCUT2D eigenvalue weighted by atomic mass is 9.33. The summed E-state index contributed by atoms with van der Waals surface area (Å²) in [5, 5.41) is 30.9. The number of nitrogens with one attached hydrogen (secondary N) is 2. The SMILES string of the molecule is CC(=O)OC1CC(O)C23COC(OC(=O)CCC(=O)N4CC(CNc5cccc6c5C(=O)N(C5CCC(=O)NC5=O)C6)C4)C1(C)C2CC(O)C1(C)C3C(=O)C(OC(C)=O)C2(C)C(c3ccoc3)CC3OC321. The number of benzene rings is 1. The Morgan fingerprint density at radius 2 is 1.68 bits per heavy atom. The van der Waals surface area contributed by atoms with Crippen molar-refractivity contribution in [3.63, 3.8) is 0 Å².